The van der Waals surface area contributed by atoms with Gasteiger partial charge >= 0.3 is 11.9 Å². The number of carbonyl (C=O) groups excluding carboxylic acids is 4. The largest absolute Gasteiger partial charge is 0.461 e. The number of anilines is 1. The molecule has 306 valence electrons. The van der Waals surface area contributed by atoms with Gasteiger partial charge in [-0.15, -0.1) is 23.1 Å². The zero-order chi connectivity index (χ0) is 42.3. The molecule has 0 spiro atoms. The van der Waals surface area contributed by atoms with Gasteiger partial charge in [0, 0.05) is 23.6 Å². The summed E-state index contributed by atoms with van der Waals surface area (Å²) in [5.41, 5.74) is 3.37. The summed E-state index contributed by atoms with van der Waals surface area (Å²) in [6.07, 6.45) is -0.809. The summed E-state index contributed by atoms with van der Waals surface area (Å²) < 4.78 is 11.5. The number of aromatic nitrogens is 1. The zero-order valence-corrected chi connectivity index (χ0v) is 34.3. The molecule has 14 heteroatoms. The average molecular weight is 850 g/mol. The Kier molecular flexibility index (Phi) is 12.1. The second-order valence-electron chi connectivity index (χ2n) is 14.2. The van der Waals surface area contributed by atoms with Gasteiger partial charge in [-0.05, 0) is 27.8 Å². The highest BCUT2D eigenvalue weighted by Gasteiger charge is 2.55. The third-order valence-electron chi connectivity index (χ3n) is 10.4. The lowest BCUT2D eigenvalue weighted by Gasteiger charge is -2.49. The lowest BCUT2D eigenvalue weighted by Crippen LogP contribution is -2.71. The van der Waals surface area contributed by atoms with Crippen molar-refractivity contribution < 1.29 is 33.9 Å². The SMILES string of the molecule is CC(=O)OCC1=C(C(=O)OC(c2ccccc2)c2ccccc2)N2C(=O)[C@@H](NC(=O)/C(=N\O)c3csc(NC(c4ccccc4)(c4ccccc4)c4ccccc4)n3)[C@H]2SC1. The predicted molar refractivity (Wildman–Crippen MR) is 233 cm³/mol. The van der Waals surface area contributed by atoms with E-state index in [1.165, 1.54) is 34.9 Å². The number of nitrogens with one attached hydrogen (secondary N) is 2. The Balaban J connectivity index is 1.04. The molecule has 3 N–H and O–H groups in total. The molecule has 0 unspecified atom stereocenters. The molecule has 1 fully saturated rings. The van der Waals surface area contributed by atoms with Gasteiger partial charge in [0.2, 0.25) is 0 Å². The van der Waals surface area contributed by atoms with Crippen molar-refractivity contribution in [3.63, 3.8) is 0 Å². The number of thiazole rings is 1. The molecule has 6 aromatic rings. The molecule has 8 rings (SSSR count). The summed E-state index contributed by atoms with van der Waals surface area (Å²) in [4.78, 5) is 59.9. The Labute approximate surface area is 359 Å². The molecule has 2 aliphatic rings. The molecule has 0 aliphatic carbocycles. The van der Waals surface area contributed by atoms with Crippen molar-refractivity contribution in [1.82, 2.24) is 15.2 Å². The van der Waals surface area contributed by atoms with E-state index in [2.05, 4.69) is 15.8 Å². The minimum Gasteiger partial charge on any atom is -0.461 e. The van der Waals surface area contributed by atoms with E-state index in [0.29, 0.717) is 21.8 Å². The van der Waals surface area contributed by atoms with Crippen molar-refractivity contribution in [1.29, 1.82) is 0 Å². The van der Waals surface area contributed by atoms with E-state index in [0.717, 1.165) is 16.7 Å². The first-order chi connectivity index (χ1) is 29.8. The van der Waals surface area contributed by atoms with Gasteiger partial charge in [0.25, 0.3) is 11.8 Å². The van der Waals surface area contributed by atoms with Gasteiger partial charge in [-0.3, -0.25) is 19.3 Å². The molecule has 12 nitrogen and oxygen atoms in total. The Morgan fingerprint density at radius 3 is 1.82 bits per heavy atom. The molecule has 2 atom stereocenters. The maximum absolute atomic E-state index is 14.2. The molecule has 61 heavy (non-hydrogen) atoms. The fraction of sp³-hybridized carbons (Fsp3) is 0.149. The molecule has 0 saturated carbocycles. The molecule has 0 bridgehead atoms. The van der Waals surface area contributed by atoms with Gasteiger partial charge in [-0.2, -0.15) is 0 Å². The van der Waals surface area contributed by atoms with Gasteiger partial charge < -0.3 is 25.3 Å². The van der Waals surface area contributed by atoms with Crippen LogP contribution in [0.2, 0.25) is 0 Å². The van der Waals surface area contributed by atoms with Gasteiger partial charge in [-0.25, -0.2) is 9.78 Å². The highest BCUT2D eigenvalue weighted by atomic mass is 32.2. The van der Waals surface area contributed by atoms with E-state index < -0.39 is 52.5 Å². The van der Waals surface area contributed by atoms with Gasteiger partial charge in [0.15, 0.2) is 16.9 Å². The van der Waals surface area contributed by atoms with Crippen LogP contribution in [0, 0.1) is 0 Å². The van der Waals surface area contributed by atoms with E-state index in [4.69, 9.17) is 14.5 Å². The highest BCUT2D eigenvalue weighted by molar-refractivity contribution is 8.00. The van der Waals surface area contributed by atoms with Crippen LogP contribution in [0.5, 0.6) is 0 Å². The Morgan fingerprint density at radius 2 is 1.33 bits per heavy atom. The number of ether oxygens (including phenoxy) is 2. The summed E-state index contributed by atoms with van der Waals surface area (Å²) >= 11 is 2.51. The molecule has 2 amide bonds. The maximum Gasteiger partial charge on any atom is 0.356 e. The number of rotatable bonds is 14. The maximum atomic E-state index is 14.2. The topological polar surface area (TPSA) is 160 Å². The van der Waals surface area contributed by atoms with Crippen molar-refractivity contribution in [2.45, 2.75) is 30.0 Å². The van der Waals surface area contributed by atoms with Gasteiger partial charge in [0.1, 0.15) is 35.0 Å². The second kappa shape index (κ2) is 18.1. The standard InChI is InChI=1S/C47H39N5O7S2/c1-30(53)58-27-33-28-60-44-39(43(55)52(44)40(33)45(56)59-41(31-17-7-2-8-18-31)32-19-9-3-10-20-32)49-42(54)38(51-57)37-29-61-46(48-37)50-47(34-21-11-4-12-22-34,35-23-13-5-14-24-35)36-25-15-6-16-26-36/h2-26,29,39,41,44,57H,27-28H2,1H3,(H,48,50)(H,49,54)/b51-38-/t39-,44-/m1/s1. The monoisotopic (exact) mass is 849 g/mol. The summed E-state index contributed by atoms with van der Waals surface area (Å²) in [5.74, 6) is -2.58. The number of thioether (sulfide) groups is 1. The quantitative estimate of drug-likeness (QED) is 0.0254. The number of hydrogen-bond acceptors (Lipinski definition) is 12. The number of oxime groups is 1. The van der Waals surface area contributed by atoms with Crippen molar-refractivity contribution in [3.05, 3.63) is 202 Å². The normalized spacial score (nSPS) is 16.3. The lowest BCUT2D eigenvalue weighted by molar-refractivity contribution is -0.154. The van der Waals surface area contributed by atoms with Crippen molar-refractivity contribution >= 4 is 57.7 Å². The number of esters is 2. The van der Waals surface area contributed by atoms with Crippen molar-refractivity contribution in [3.8, 4) is 0 Å². The average Bonchev–Trinajstić information content (AvgIpc) is 3.77. The summed E-state index contributed by atoms with van der Waals surface area (Å²) in [6.45, 7) is 1.02. The van der Waals surface area contributed by atoms with Crippen LogP contribution >= 0.6 is 23.1 Å². The first-order valence-corrected chi connectivity index (χ1v) is 21.3. The first kappa shape index (κ1) is 40.7. The third kappa shape index (κ3) is 8.27. The van der Waals surface area contributed by atoms with Crippen LogP contribution in [-0.4, -0.2) is 68.3 Å². The number of benzene rings is 5. The van der Waals surface area contributed by atoms with Crippen LogP contribution in [0.25, 0.3) is 0 Å². The number of amides is 2. The molecule has 5 aromatic carbocycles. The third-order valence-corrected chi connectivity index (χ3v) is 12.5. The van der Waals surface area contributed by atoms with Crippen LogP contribution in [0.15, 0.2) is 173 Å². The Hall–Kier alpha value is -7.03. The lowest BCUT2D eigenvalue weighted by atomic mass is 9.77. The molecular weight excluding hydrogens is 811 g/mol. The van der Waals surface area contributed by atoms with E-state index in [-0.39, 0.29) is 23.8 Å². The molecule has 3 heterocycles. The smallest absolute Gasteiger partial charge is 0.356 e. The Bertz CT molecular complexity index is 2450. The summed E-state index contributed by atoms with van der Waals surface area (Å²) in [7, 11) is 0. The van der Waals surface area contributed by atoms with E-state index >= 15 is 0 Å². The number of fused-ring (bicyclic) bond motifs is 1. The van der Waals surface area contributed by atoms with Crippen molar-refractivity contribution in [2.75, 3.05) is 17.7 Å². The predicted octanol–water partition coefficient (Wildman–Crippen LogP) is 7.28. The van der Waals surface area contributed by atoms with Crippen LogP contribution in [0.1, 0.15) is 46.5 Å². The first-order valence-electron chi connectivity index (χ1n) is 19.3. The van der Waals surface area contributed by atoms with Gasteiger partial charge in [-0.1, -0.05) is 157 Å². The van der Waals surface area contributed by atoms with E-state index in [1.54, 1.807) is 5.38 Å². The van der Waals surface area contributed by atoms with Crippen LogP contribution in [-0.2, 0) is 34.2 Å². The summed E-state index contributed by atoms with van der Waals surface area (Å²) in [6, 6.07) is 47.2. The molecule has 1 saturated heterocycles. The zero-order valence-electron chi connectivity index (χ0n) is 32.7. The molecular formula is C47H39N5O7S2. The fourth-order valence-electron chi connectivity index (χ4n) is 7.52. The fourth-order valence-corrected chi connectivity index (χ4v) is 9.60. The number of nitrogens with zero attached hydrogens (tertiary/aromatic N) is 3. The number of β-lactam (4-membered cyclic amide) rings is 1. The van der Waals surface area contributed by atoms with E-state index in [9.17, 15) is 24.4 Å². The minimum absolute atomic E-state index is 0.0534. The van der Waals surface area contributed by atoms with Gasteiger partial charge in [0.05, 0.1) is 0 Å². The second-order valence-corrected chi connectivity index (χ2v) is 16.1. The van der Waals surface area contributed by atoms with Crippen LogP contribution in [0.4, 0.5) is 5.13 Å². The van der Waals surface area contributed by atoms with Crippen molar-refractivity contribution in [2.24, 2.45) is 5.16 Å². The van der Waals surface area contributed by atoms with E-state index in [1.807, 2.05) is 152 Å². The summed E-state index contributed by atoms with van der Waals surface area (Å²) in [5, 5.41) is 21.2. The van der Waals surface area contributed by atoms with Crippen LogP contribution < -0.4 is 10.6 Å². The van der Waals surface area contributed by atoms with Crippen LogP contribution in [0.3, 0.4) is 0 Å². The highest BCUT2D eigenvalue weighted by Crippen LogP contribution is 2.43. The molecule has 1 aromatic heterocycles. The molecule has 0 radical (unpaired) electrons. The number of carbonyl (C=O) groups is 4. The Morgan fingerprint density at radius 1 is 0.820 bits per heavy atom. The number of hydrogen-bond donors (Lipinski definition) is 3. The minimum atomic E-state index is -1.09. The molecule has 2 aliphatic heterocycles.